The van der Waals surface area contributed by atoms with E-state index in [9.17, 15) is 26.3 Å². The fourth-order valence-electron chi connectivity index (χ4n) is 6.85. The number of hydrogen-bond donors (Lipinski definition) is 0. The molecule has 1 aliphatic carbocycles. The molecule has 1 fully saturated rings. The van der Waals surface area contributed by atoms with Gasteiger partial charge in [0.1, 0.15) is 0 Å². The lowest BCUT2D eigenvalue weighted by Gasteiger charge is -2.37. The van der Waals surface area contributed by atoms with E-state index in [2.05, 4.69) is 64.0 Å². The molecule has 0 N–H and O–H groups in total. The average molecular weight is 618 g/mol. The summed E-state index contributed by atoms with van der Waals surface area (Å²) in [4.78, 5) is 2.11. The molecule has 240 valence electrons. The zero-order valence-electron chi connectivity index (χ0n) is 26.6. The van der Waals surface area contributed by atoms with Crippen molar-refractivity contribution in [1.82, 2.24) is 4.90 Å². The van der Waals surface area contributed by atoms with Crippen LogP contribution < -0.4 is 0 Å². The second-order valence-corrected chi connectivity index (χ2v) is 13.5. The molecule has 2 aliphatic rings. The highest BCUT2D eigenvalue weighted by Crippen LogP contribution is 2.47. The maximum absolute atomic E-state index is 13.6. The van der Waals surface area contributed by atoms with E-state index in [1.165, 1.54) is 33.4 Å². The Bertz CT molecular complexity index is 1390. The molecule has 2 aromatic carbocycles. The smallest absolute Gasteiger partial charge is 0.368 e. The zero-order chi connectivity index (χ0) is 32.6. The standard InChI is InChI=1S/C37H45F6N/c1-8-23(3)10-11-26-12-13-27(9-2)34(17-26)32-14-15-35(6,7)21-29(32)22-44-24(4)16-33(25(44)5)28-18-30(36(38,39)40)20-31(19-28)37(41,42)43/h12-13,17-20,25,33H,3-4,8-11,14-16,21-22H2,1-2,5-7H3. The molecule has 0 radical (unpaired) electrons. The minimum absolute atomic E-state index is 0.0520. The molecule has 4 rings (SSSR count). The molecule has 2 unspecified atom stereocenters. The van der Waals surface area contributed by atoms with Crippen molar-refractivity contribution in [2.45, 2.75) is 110 Å². The minimum atomic E-state index is -4.88. The molecule has 0 amide bonds. The molecular weight excluding hydrogens is 572 g/mol. The summed E-state index contributed by atoms with van der Waals surface area (Å²) in [5.74, 6) is -0.534. The molecule has 1 nitrogen and oxygen atoms in total. The first kappa shape index (κ1) is 33.9. The van der Waals surface area contributed by atoms with Gasteiger partial charge in [0.2, 0.25) is 0 Å². The number of hydrogen-bond acceptors (Lipinski definition) is 1. The first-order valence-corrected chi connectivity index (χ1v) is 15.7. The van der Waals surface area contributed by atoms with Crippen molar-refractivity contribution in [1.29, 1.82) is 0 Å². The van der Waals surface area contributed by atoms with Gasteiger partial charge in [0.15, 0.2) is 0 Å². The highest BCUT2D eigenvalue weighted by molar-refractivity contribution is 5.73. The highest BCUT2D eigenvalue weighted by atomic mass is 19.4. The van der Waals surface area contributed by atoms with Crippen LogP contribution in [0.5, 0.6) is 0 Å². The van der Waals surface area contributed by atoms with Gasteiger partial charge in [-0.25, -0.2) is 0 Å². The molecule has 0 bridgehead atoms. The quantitative estimate of drug-likeness (QED) is 0.200. The van der Waals surface area contributed by atoms with Crippen LogP contribution in [0.2, 0.25) is 0 Å². The van der Waals surface area contributed by atoms with Crippen molar-refractivity contribution < 1.29 is 26.3 Å². The van der Waals surface area contributed by atoms with E-state index in [4.69, 9.17) is 0 Å². The van der Waals surface area contributed by atoms with Crippen molar-refractivity contribution in [3.05, 3.63) is 99.8 Å². The Morgan fingerprint density at radius 1 is 0.977 bits per heavy atom. The van der Waals surface area contributed by atoms with Crippen LogP contribution in [-0.4, -0.2) is 17.5 Å². The normalized spacial score (nSPS) is 20.9. The van der Waals surface area contributed by atoms with Crippen LogP contribution in [0.25, 0.3) is 5.57 Å². The number of nitrogens with zero attached hydrogens (tertiary/aromatic N) is 1. The fraction of sp³-hybridized carbons (Fsp3) is 0.514. The van der Waals surface area contributed by atoms with E-state index >= 15 is 0 Å². The topological polar surface area (TPSA) is 3.24 Å². The molecule has 0 aromatic heterocycles. The molecule has 1 heterocycles. The lowest BCUT2D eigenvalue weighted by Crippen LogP contribution is -2.33. The number of rotatable bonds is 9. The van der Waals surface area contributed by atoms with Crippen LogP contribution in [0.15, 0.2) is 66.4 Å². The van der Waals surface area contributed by atoms with Crippen molar-refractivity contribution >= 4 is 5.57 Å². The zero-order valence-corrected chi connectivity index (χ0v) is 26.6. The van der Waals surface area contributed by atoms with Gasteiger partial charge in [0.25, 0.3) is 0 Å². The van der Waals surface area contributed by atoms with Gasteiger partial charge in [-0.15, -0.1) is 0 Å². The number of aryl methyl sites for hydroxylation is 2. The second-order valence-electron chi connectivity index (χ2n) is 13.5. The summed E-state index contributed by atoms with van der Waals surface area (Å²) < 4.78 is 81.9. The largest absolute Gasteiger partial charge is 0.416 e. The summed E-state index contributed by atoms with van der Waals surface area (Å²) in [7, 11) is 0. The van der Waals surface area contributed by atoms with Gasteiger partial charge in [-0.2, -0.15) is 26.3 Å². The van der Waals surface area contributed by atoms with Gasteiger partial charge in [0.05, 0.1) is 11.1 Å². The van der Waals surface area contributed by atoms with Gasteiger partial charge in [-0.05, 0) is 115 Å². The summed E-state index contributed by atoms with van der Waals surface area (Å²) in [5.41, 5.74) is 5.97. The van der Waals surface area contributed by atoms with Crippen LogP contribution in [0.3, 0.4) is 0 Å². The van der Waals surface area contributed by atoms with E-state index in [0.29, 0.717) is 13.0 Å². The number of benzene rings is 2. The molecular formula is C37H45F6N. The third-order valence-corrected chi connectivity index (χ3v) is 9.65. The molecule has 1 saturated heterocycles. The predicted octanol–water partition coefficient (Wildman–Crippen LogP) is 11.5. The van der Waals surface area contributed by atoms with E-state index in [1.807, 2.05) is 6.92 Å². The average Bonchev–Trinajstić information content (AvgIpc) is 3.22. The molecule has 0 spiro atoms. The number of allylic oxidation sites excluding steroid dienone is 3. The Balaban J connectivity index is 1.72. The Morgan fingerprint density at radius 3 is 2.18 bits per heavy atom. The first-order valence-electron chi connectivity index (χ1n) is 15.7. The molecule has 1 aliphatic heterocycles. The van der Waals surface area contributed by atoms with Crippen LogP contribution in [0, 0.1) is 5.41 Å². The summed E-state index contributed by atoms with van der Waals surface area (Å²) in [5, 5.41) is 0. The summed E-state index contributed by atoms with van der Waals surface area (Å²) in [6, 6.07) is 8.40. The minimum Gasteiger partial charge on any atom is -0.368 e. The van der Waals surface area contributed by atoms with E-state index < -0.39 is 29.4 Å². The van der Waals surface area contributed by atoms with Gasteiger partial charge in [0, 0.05) is 24.2 Å². The van der Waals surface area contributed by atoms with Crippen LogP contribution in [0.1, 0.15) is 112 Å². The maximum atomic E-state index is 13.6. The van der Waals surface area contributed by atoms with Crippen molar-refractivity contribution in [2.24, 2.45) is 5.41 Å². The van der Waals surface area contributed by atoms with Gasteiger partial charge in [-0.1, -0.05) is 64.6 Å². The third kappa shape index (κ3) is 7.63. The van der Waals surface area contributed by atoms with Crippen LogP contribution in [-0.2, 0) is 25.2 Å². The van der Waals surface area contributed by atoms with Crippen molar-refractivity contribution in [3.8, 4) is 0 Å². The fourth-order valence-corrected chi connectivity index (χ4v) is 6.85. The Morgan fingerprint density at radius 2 is 1.61 bits per heavy atom. The van der Waals surface area contributed by atoms with Gasteiger partial charge in [-0.3, -0.25) is 0 Å². The number of alkyl halides is 6. The molecule has 0 saturated carbocycles. The SMILES string of the molecule is C=C(CC)CCc1ccc(CC)c(C2=C(CN3C(=C)CC(c4cc(C(F)(F)F)cc(C(F)(F)F)c4)C3C)CC(C)(C)CC2)c1. The lowest BCUT2D eigenvalue weighted by molar-refractivity contribution is -0.143. The van der Waals surface area contributed by atoms with Crippen molar-refractivity contribution in [3.63, 3.8) is 0 Å². The van der Waals surface area contributed by atoms with Crippen molar-refractivity contribution in [2.75, 3.05) is 6.54 Å². The first-order chi connectivity index (χ1) is 20.4. The summed E-state index contributed by atoms with van der Waals surface area (Å²) in [6.45, 7) is 19.6. The van der Waals surface area contributed by atoms with Crippen LogP contribution >= 0.6 is 0 Å². The Hall–Kier alpha value is -2.96. The predicted molar refractivity (Wildman–Crippen MR) is 167 cm³/mol. The Labute approximate surface area is 258 Å². The highest BCUT2D eigenvalue weighted by Gasteiger charge is 2.41. The van der Waals surface area contributed by atoms with E-state index in [1.54, 1.807) is 0 Å². The molecule has 7 heteroatoms. The maximum Gasteiger partial charge on any atom is 0.416 e. The number of halogens is 6. The molecule has 2 aromatic rings. The van der Waals surface area contributed by atoms with Gasteiger partial charge < -0.3 is 4.90 Å². The third-order valence-electron chi connectivity index (χ3n) is 9.65. The lowest BCUT2D eigenvalue weighted by atomic mass is 9.72. The second kappa shape index (κ2) is 12.8. The monoisotopic (exact) mass is 617 g/mol. The Kier molecular flexibility index (Phi) is 9.87. The summed E-state index contributed by atoms with van der Waals surface area (Å²) >= 11 is 0. The molecule has 2 atom stereocenters. The van der Waals surface area contributed by atoms with E-state index in [-0.39, 0.29) is 23.1 Å². The summed E-state index contributed by atoms with van der Waals surface area (Å²) in [6.07, 6.45) is -2.90. The van der Waals surface area contributed by atoms with E-state index in [0.717, 1.165) is 62.8 Å². The molecule has 44 heavy (non-hydrogen) atoms. The van der Waals surface area contributed by atoms with Crippen LogP contribution in [0.4, 0.5) is 26.3 Å². The van der Waals surface area contributed by atoms with Gasteiger partial charge >= 0.3 is 12.4 Å². The number of likely N-dealkylation sites (tertiary alicyclic amines) is 1.